The number of nitrogens with one attached hydrogen (secondary N) is 2. The van der Waals surface area contributed by atoms with Crippen LogP contribution in [-0.2, 0) is 0 Å². The summed E-state index contributed by atoms with van der Waals surface area (Å²) < 4.78 is 13.1. The zero-order valence-corrected chi connectivity index (χ0v) is 10.7. The van der Waals surface area contributed by atoms with Gasteiger partial charge in [0.2, 0.25) is 0 Å². The number of hydrogen-bond donors (Lipinski definition) is 2. The minimum atomic E-state index is -0.291. The second kappa shape index (κ2) is 5.95. The molecule has 1 aromatic heterocycles. The third-order valence-electron chi connectivity index (χ3n) is 2.36. The molecule has 0 amide bonds. The van der Waals surface area contributed by atoms with Gasteiger partial charge in [-0.05, 0) is 25.1 Å². The molecule has 2 N–H and O–H groups in total. The molecule has 0 atom stereocenters. The lowest BCUT2D eigenvalue weighted by molar-refractivity contribution is 0.628. The first kappa shape index (κ1) is 13.0. The van der Waals surface area contributed by atoms with Gasteiger partial charge in [-0.3, -0.25) is 0 Å². The van der Waals surface area contributed by atoms with Crippen molar-refractivity contribution in [1.29, 1.82) is 0 Å². The maximum atomic E-state index is 13.1. The van der Waals surface area contributed by atoms with Crippen LogP contribution >= 0.6 is 0 Å². The van der Waals surface area contributed by atoms with Gasteiger partial charge in [0.1, 0.15) is 23.3 Å². The average molecular weight is 258 g/mol. The fourth-order valence-electron chi connectivity index (χ4n) is 1.61. The first-order valence-electron chi connectivity index (χ1n) is 5.90. The van der Waals surface area contributed by atoms with Crippen molar-refractivity contribution in [3.8, 4) is 0 Å². The summed E-state index contributed by atoms with van der Waals surface area (Å²) in [6.07, 6.45) is 1.75. The largest absolute Gasteiger partial charge is 0.366 e. The van der Waals surface area contributed by atoms with Crippen molar-refractivity contribution >= 4 is 17.3 Å². The molecule has 0 aliphatic heterocycles. The highest BCUT2D eigenvalue weighted by molar-refractivity contribution is 5.59. The zero-order chi connectivity index (χ0) is 13.7. The van der Waals surface area contributed by atoms with Gasteiger partial charge in [-0.15, -0.1) is 6.58 Å². The third kappa shape index (κ3) is 3.77. The Hall–Kier alpha value is -2.43. The summed E-state index contributed by atoms with van der Waals surface area (Å²) in [7, 11) is 0. The van der Waals surface area contributed by atoms with E-state index in [4.69, 9.17) is 0 Å². The molecule has 0 spiro atoms. The molecule has 0 saturated carbocycles. The summed E-state index contributed by atoms with van der Waals surface area (Å²) in [6, 6.07) is 7.99. The monoisotopic (exact) mass is 258 g/mol. The normalized spacial score (nSPS) is 10.0. The molecule has 0 saturated heterocycles. The fraction of sp³-hybridized carbons (Fsp3) is 0.143. The molecule has 1 aromatic carbocycles. The highest BCUT2D eigenvalue weighted by Crippen LogP contribution is 2.18. The number of benzene rings is 1. The molecule has 98 valence electrons. The van der Waals surface area contributed by atoms with Crippen molar-refractivity contribution in [2.24, 2.45) is 0 Å². The molecule has 2 rings (SSSR count). The van der Waals surface area contributed by atoms with E-state index in [0.717, 1.165) is 0 Å². The molecule has 0 aliphatic rings. The van der Waals surface area contributed by atoms with Crippen LogP contribution in [0.1, 0.15) is 5.82 Å². The van der Waals surface area contributed by atoms with E-state index in [-0.39, 0.29) is 5.82 Å². The summed E-state index contributed by atoms with van der Waals surface area (Å²) >= 11 is 0. The maximum Gasteiger partial charge on any atom is 0.136 e. The van der Waals surface area contributed by atoms with Crippen LogP contribution in [0.15, 0.2) is 43.0 Å². The van der Waals surface area contributed by atoms with E-state index in [1.807, 2.05) is 0 Å². The lowest BCUT2D eigenvalue weighted by atomic mass is 10.3. The van der Waals surface area contributed by atoms with Gasteiger partial charge < -0.3 is 10.6 Å². The van der Waals surface area contributed by atoms with Gasteiger partial charge in [-0.2, -0.15) is 0 Å². The van der Waals surface area contributed by atoms with Crippen molar-refractivity contribution in [1.82, 2.24) is 9.97 Å². The van der Waals surface area contributed by atoms with E-state index < -0.39 is 0 Å². The number of halogens is 1. The predicted molar refractivity (Wildman–Crippen MR) is 75.1 cm³/mol. The number of aryl methyl sites for hydroxylation is 1. The Morgan fingerprint density at radius 3 is 2.79 bits per heavy atom. The summed E-state index contributed by atoms with van der Waals surface area (Å²) in [6.45, 7) is 6.06. The van der Waals surface area contributed by atoms with E-state index >= 15 is 0 Å². The third-order valence-corrected chi connectivity index (χ3v) is 2.36. The van der Waals surface area contributed by atoms with Crippen molar-refractivity contribution in [2.75, 3.05) is 17.2 Å². The maximum absolute atomic E-state index is 13.1. The lowest BCUT2D eigenvalue weighted by Gasteiger charge is -2.09. The molecule has 5 heteroatoms. The summed E-state index contributed by atoms with van der Waals surface area (Å²) in [5.41, 5.74) is 0.646. The topological polar surface area (TPSA) is 49.8 Å². The molecule has 19 heavy (non-hydrogen) atoms. The molecule has 4 nitrogen and oxygen atoms in total. The van der Waals surface area contributed by atoms with Crippen LogP contribution in [0.2, 0.25) is 0 Å². The van der Waals surface area contributed by atoms with E-state index in [1.165, 1.54) is 12.1 Å². The number of anilines is 3. The van der Waals surface area contributed by atoms with Crippen LogP contribution < -0.4 is 10.6 Å². The molecule has 0 aliphatic carbocycles. The highest BCUT2D eigenvalue weighted by atomic mass is 19.1. The predicted octanol–water partition coefficient (Wildman–Crippen LogP) is 3.27. The number of aromatic nitrogens is 2. The van der Waals surface area contributed by atoms with Crippen LogP contribution in [0.3, 0.4) is 0 Å². The Kier molecular flexibility index (Phi) is 4.07. The van der Waals surface area contributed by atoms with Gasteiger partial charge in [0, 0.05) is 18.3 Å². The first-order chi connectivity index (χ1) is 9.17. The summed E-state index contributed by atoms with van der Waals surface area (Å²) in [5, 5.41) is 6.13. The van der Waals surface area contributed by atoms with Gasteiger partial charge in [0.05, 0.1) is 0 Å². The van der Waals surface area contributed by atoms with E-state index in [0.29, 0.717) is 29.7 Å². The van der Waals surface area contributed by atoms with Crippen LogP contribution in [-0.4, -0.2) is 16.5 Å². The Balaban J connectivity index is 2.19. The SMILES string of the molecule is C=CCNc1cc(Nc2cccc(F)c2)nc(C)n1. The van der Waals surface area contributed by atoms with Crippen LogP contribution in [0, 0.1) is 12.7 Å². The Morgan fingerprint density at radius 1 is 1.26 bits per heavy atom. The van der Waals surface area contributed by atoms with E-state index in [1.54, 1.807) is 31.2 Å². The first-order valence-corrected chi connectivity index (χ1v) is 5.90. The molecule has 0 radical (unpaired) electrons. The quantitative estimate of drug-likeness (QED) is 0.808. The van der Waals surface area contributed by atoms with Gasteiger partial charge in [0.15, 0.2) is 0 Å². The minimum absolute atomic E-state index is 0.291. The van der Waals surface area contributed by atoms with Crippen LogP contribution in [0.25, 0.3) is 0 Å². The van der Waals surface area contributed by atoms with E-state index in [2.05, 4.69) is 27.2 Å². The second-order valence-electron chi connectivity index (χ2n) is 3.99. The fourth-order valence-corrected chi connectivity index (χ4v) is 1.61. The van der Waals surface area contributed by atoms with E-state index in [9.17, 15) is 4.39 Å². The Labute approximate surface area is 111 Å². The standard InChI is InChI=1S/C14H15FN4/c1-3-7-16-13-9-14(18-10(2)17-13)19-12-6-4-5-11(15)8-12/h3-6,8-9H,1,7H2,2H3,(H2,16,17,18,19). The molecular formula is C14H15FN4. The van der Waals surface area contributed by atoms with Gasteiger partial charge in [0.25, 0.3) is 0 Å². The molecule has 1 heterocycles. The summed E-state index contributed by atoms with van der Waals surface area (Å²) in [5.74, 6) is 1.66. The smallest absolute Gasteiger partial charge is 0.136 e. The molecule has 0 unspecified atom stereocenters. The number of rotatable bonds is 5. The molecule has 0 fully saturated rings. The van der Waals surface area contributed by atoms with Crippen molar-refractivity contribution < 1.29 is 4.39 Å². The lowest BCUT2D eigenvalue weighted by Crippen LogP contribution is -2.04. The number of hydrogen-bond acceptors (Lipinski definition) is 4. The van der Waals surface area contributed by atoms with Crippen molar-refractivity contribution in [3.63, 3.8) is 0 Å². The Morgan fingerprint density at radius 2 is 2.05 bits per heavy atom. The van der Waals surface area contributed by atoms with Crippen molar-refractivity contribution in [3.05, 3.63) is 54.6 Å². The highest BCUT2D eigenvalue weighted by Gasteiger charge is 2.02. The average Bonchev–Trinajstić information content (AvgIpc) is 2.35. The molecule has 0 bridgehead atoms. The van der Waals surface area contributed by atoms with Crippen molar-refractivity contribution in [2.45, 2.75) is 6.92 Å². The molecular weight excluding hydrogens is 243 g/mol. The van der Waals surface area contributed by atoms with Crippen LogP contribution in [0.5, 0.6) is 0 Å². The zero-order valence-electron chi connectivity index (χ0n) is 10.7. The summed E-state index contributed by atoms with van der Waals surface area (Å²) in [4.78, 5) is 8.50. The molecule has 2 aromatic rings. The number of nitrogens with zero attached hydrogens (tertiary/aromatic N) is 2. The Bertz CT molecular complexity index is 583. The van der Waals surface area contributed by atoms with Gasteiger partial charge in [-0.25, -0.2) is 14.4 Å². The van der Waals surface area contributed by atoms with Crippen LogP contribution in [0.4, 0.5) is 21.7 Å². The second-order valence-corrected chi connectivity index (χ2v) is 3.99. The van der Waals surface area contributed by atoms with Gasteiger partial charge >= 0.3 is 0 Å². The minimum Gasteiger partial charge on any atom is -0.366 e. The van der Waals surface area contributed by atoms with Gasteiger partial charge in [-0.1, -0.05) is 12.1 Å².